The zero-order chi connectivity index (χ0) is 27.4. The normalized spacial score (nSPS) is 16.6. The van der Waals surface area contributed by atoms with Crippen LogP contribution in [0.4, 0.5) is 10.5 Å². The third kappa shape index (κ3) is 6.34. The number of fused-ring (bicyclic) bond motifs is 1. The molecule has 0 radical (unpaired) electrons. The number of nitrogens with zero attached hydrogens (tertiary/aromatic N) is 2. The fourth-order valence-corrected chi connectivity index (χ4v) is 4.65. The maximum absolute atomic E-state index is 12.3. The van der Waals surface area contributed by atoms with E-state index in [0.717, 1.165) is 16.3 Å². The van der Waals surface area contributed by atoms with Gasteiger partial charge >= 0.3 is 12.1 Å². The number of rotatable bonds is 7. The van der Waals surface area contributed by atoms with Crippen LogP contribution in [0.25, 0.3) is 10.8 Å². The topological polar surface area (TPSA) is 135 Å². The number of likely N-dealkylation sites (tertiary alicyclic amines) is 1. The van der Waals surface area contributed by atoms with Crippen LogP contribution in [0, 0.1) is 0 Å². The summed E-state index contributed by atoms with van der Waals surface area (Å²) < 4.78 is 11.5. The van der Waals surface area contributed by atoms with Gasteiger partial charge in [0, 0.05) is 24.2 Å². The van der Waals surface area contributed by atoms with E-state index in [-0.39, 0.29) is 18.6 Å². The lowest BCUT2D eigenvalue weighted by Gasteiger charge is -2.24. The van der Waals surface area contributed by atoms with E-state index in [1.54, 1.807) is 41.3 Å². The summed E-state index contributed by atoms with van der Waals surface area (Å²) in [5.74, 6) is -1.20. The lowest BCUT2D eigenvalue weighted by molar-refractivity contribution is -0.138. The van der Waals surface area contributed by atoms with E-state index in [1.165, 1.54) is 6.21 Å². The number of ether oxygens (including phenoxy) is 2. The highest BCUT2D eigenvalue weighted by molar-refractivity contribution is 6.02. The van der Waals surface area contributed by atoms with Crippen molar-refractivity contribution in [3.05, 3.63) is 71.3 Å². The van der Waals surface area contributed by atoms with Crippen molar-refractivity contribution >= 4 is 34.7 Å². The lowest BCUT2D eigenvalue weighted by atomic mass is 9.88. The second-order valence-corrected chi connectivity index (χ2v) is 10.5. The molecule has 0 spiro atoms. The Bertz CT molecular complexity index is 1350. The van der Waals surface area contributed by atoms with Gasteiger partial charge in [-0.05, 0) is 73.4 Å². The SMILES string of the molecule is CC(C)(C)OC(=O)N1CC[C@H](Oc2ccc([C@H](Cc3ccc4ccc(N)cc4c3/C=N\O)C(=O)O)cc2)C1. The highest BCUT2D eigenvalue weighted by Gasteiger charge is 2.31. The standard InChI is InChI=1S/C29H33N3O6/c1-29(2,3)38-28(35)32-13-12-23(17-32)37-22-10-7-19(8-11-22)25(27(33)34)14-20-5-4-18-6-9-21(30)15-24(18)26(20)16-31-36/h4-11,15-16,23,25,36H,12-14,17,30H2,1-3H3,(H,33,34)/b31-16-/t23-,25-/m0/s1. The molecular weight excluding hydrogens is 486 g/mol. The van der Waals surface area contributed by atoms with Crippen molar-refractivity contribution in [1.82, 2.24) is 4.90 Å². The number of carbonyl (C=O) groups excluding carboxylic acids is 1. The van der Waals surface area contributed by atoms with E-state index in [9.17, 15) is 19.9 Å². The highest BCUT2D eigenvalue weighted by atomic mass is 16.6. The first kappa shape index (κ1) is 26.8. The third-order valence-corrected chi connectivity index (χ3v) is 6.47. The molecule has 1 heterocycles. The van der Waals surface area contributed by atoms with Gasteiger partial charge in [-0.2, -0.15) is 0 Å². The summed E-state index contributed by atoms with van der Waals surface area (Å²) in [6, 6.07) is 16.2. The van der Waals surface area contributed by atoms with Gasteiger partial charge in [0.25, 0.3) is 0 Å². The Kier molecular flexibility index (Phi) is 7.75. The van der Waals surface area contributed by atoms with Crippen LogP contribution < -0.4 is 10.5 Å². The van der Waals surface area contributed by atoms with Gasteiger partial charge < -0.3 is 30.4 Å². The van der Waals surface area contributed by atoms with E-state index < -0.39 is 17.5 Å². The van der Waals surface area contributed by atoms with Gasteiger partial charge in [0.15, 0.2) is 0 Å². The number of hydrogen-bond acceptors (Lipinski definition) is 7. The van der Waals surface area contributed by atoms with Crippen molar-refractivity contribution in [1.29, 1.82) is 0 Å². The Hall–Kier alpha value is -4.27. The van der Waals surface area contributed by atoms with E-state index in [1.807, 2.05) is 39.0 Å². The van der Waals surface area contributed by atoms with Crippen LogP contribution in [0.2, 0.25) is 0 Å². The lowest BCUT2D eigenvalue weighted by Crippen LogP contribution is -2.36. The number of carboxylic acid groups (broad SMARTS) is 1. The Balaban J connectivity index is 1.48. The Morgan fingerprint density at radius 2 is 1.87 bits per heavy atom. The minimum absolute atomic E-state index is 0.172. The van der Waals surface area contributed by atoms with E-state index in [0.29, 0.717) is 42.1 Å². The summed E-state index contributed by atoms with van der Waals surface area (Å²) in [6.45, 7) is 6.47. The average molecular weight is 520 g/mol. The molecule has 0 aromatic heterocycles. The molecule has 3 aromatic rings. The van der Waals surface area contributed by atoms with Crippen LogP contribution in [0.15, 0.2) is 59.8 Å². The first-order chi connectivity index (χ1) is 18.0. The number of oxime groups is 1. The monoisotopic (exact) mass is 519 g/mol. The number of hydrogen-bond donors (Lipinski definition) is 3. The van der Waals surface area contributed by atoms with Crippen LogP contribution in [0.5, 0.6) is 5.75 Å². The summed E-state index contributed by atoms with van der Waals surface area (Å²) in [5.41, 5.74) is 7.93. The number of nitrogen functional groups attached to an aromatic ring is 1. The van der Waals surface area contributed by atoms with Crippen molar-refractivity contribution in [2.75, 3.05) is 18.8 Å². The number of anilines is 1. The molecule has 200 valence electrons. The highest BCUT2D eigenvalue weighted by Crippen LogP contribution is 2.30. The van der Waals surface area contributed by atoms with Gasteiger partial charge in [0.1, 0.15) is 17.5 Å². The first-order valence-electron chi connectivity index (χ1n) is 12.5. The Morgan fingerprint density at radius 3 is 2.53 bits per heavy atom. The summed E-state index contributed by atoms with van der Waals surface area (Å²) >= 11 is 0. The van der Waals surface area contributed by atoms with Crippen LogP contribution in [0.3, 0.4) is 0 Å². The third-order valence-electron chi connectivity index (χ3n) is 6.47. The molecular formula is C29H33N3O6. The van der Waals surface area contributed by atoms with Crippen LogP contribution in [-0.2, 0) is 16.0 Å². The summed E-state index contributed by atoms with van der Waals surface area (Å²) in [6.07, 6.45) is 1.66. The Morgan fingerprint density at radius 1 is 1.16 bits per heavy atom. The van der Waals surface area contributed by atoms with E-state index in [2.05, 4.69) is 5.16 Å². The number of aliphatic carboxylic acids is 1. The molecule has 0 saturated carbocycles. The second kappa shape index (κ2) is 11.0. The van der Waals surface area contributed by atoms with Crippen molar-refractivity contribution < 1.29 is 29.4 Å². The van der Waals surface area contributed by atoms with E-state index >= 15 is 0 Å². The molecule has 9 heteroatoms. The maximum atomic E-state index is 12.3. The molecule has 3 aromatic carbocycles. The quantitative estimate of drug-likeness (QED) is 0.172. The molecule has 1 saturated heterocycles. The molecule has 0 unspecified atom stereocenters. The maximum Gasteiger partial charge on any atom is 0.410 e. The number of amides is 1. The van der Waals surface area contributed by atoms with Crippen molar-refractivity contribution in [2.45, 2.75) is 51.2 Å². The van der Waals surface area contributed by atoms with E-state index in [4.69, 9.17) is 15.2 Å². The van der Waals surface area contributed by atoms with Gasteiger partial charge in [-0.15, -0.1) is 0 Å². The molecule has 2 atom stereocenters. The molecule has 0 bridgehead atoms. The zero-order valence-corrected chi connectivity index (χ0v) is 21.8. The number of benzene rings is 3. The molecule has 0 aliphatic carbocycles. The minimum Gasteiger partial charge on any atom is -0.489 e. The molecule has 1 fully saturated rings. The predicted octanol–water partition coefficient (Wildman–Crippen LogP) is 5.03. The zero-order valence-electron chi connectivity index (χ0n) is 21.8. The Labute approximate surface area is 221 Å². The predicted molar refractivity (Wildman–Crippen MR) is 145 cm³/mol. The van der Waals surface area contributed by atoms with Crippen LogP contribution in [0.1, 0.15) is 49.8 Å². The van der Waals surface area contributed by atoms with Crippen molar-refractivity contribution in [3.8, 4) is 5.75 Å². The van der Waals surface area contributed by atoms with Gasteiger partial charge in [-0.25, -0.2) is 4.79 Å². The van der Waals surface area contributed by atoms with Gasteiger partial charge in [-0.3, -0.25) is 4.79 Å². The van der Waals surface area contributed by atoms with Crippen LogP contribution >= 0.6 is 0 Å². The molecule has 1 aliphatic heterocycles. The minimum atomic E-state index is -0.970. The largest absolute Gasteiger partial charge is 0.489 e. The summed E-state index contributed by atoms with van der Waals surface area (Å²) in [7, 11) is 0. The summed E-state index contributed by atoms with van der Waals surface area (Å²) in [4.78, 5) is 26.2. The molecule has 38 heavy (non-hydrogen) atoms. The number of nitrogens with two attached hydrogens (primary N) is 1. The van der Waals surface area contributed by atoms with Crippen LogP contribution in [-0.4, -0.2) is 58.3 Å². The smallest absolute Gasteiger partial charge is 0.410 e. The van der Waals surface area contributed by atoms with Gasteiger partial charge in [0.05, 0.1) is 18.7 Å². The fourth-order valence-electron chi connectivity index (χ4n) is 4.65. The average Bonchev–Trinajstić information content (AvgIpc) is 3.32. The van der Waals surface area contributed by atoms with Gasteiger partial charge in [0.2, 0.25) is 0 Å². The number of carboxylic acids is 1. The van der Waals surface area contributed by atoms with Crippen molar-refractivity contribution in [3.63, 3.8) is 0 Å². The second-order valence-electron chi connectivity index (χ2n) is 10.5. The first-order valence-corrected chi connectivity index (χ1v) is 12.5. The molecule has 4 rings (SSSR count). The fraction of sp³-hybridized carbons (Fsp3) is 0.345. The van der Waals surface area contributed by atoms with Crippen molar-refractivity contribution in [2.24, 2.45) is 5.16 Å². The molecule has 9 nitrogen and oxygen atoms in total. The number of carbonyl (C=O) groups is 2. The molecule has 1 amide bonds. The molecule has 1 aliphatic rings. The van der Waals surface area contributed by atoms with Gasteiger partial charge in [-0.1, -0.05) is 35.5 Å². The molecule has 4 N–H and O–H groups in total. The summed E-state index contributed by atoms with van der Waals surface area (Å²) in [5, 5.41) is 24.2.